The first kappa shape index (κ1) is 10.0. The molecule has 0 atom stereocenters. The molecule has 0 radical (unpaired) electrons. The molecule has 0 unspecified atom stereocenters. The van der Waals surface area contributed by atoms with Gasteiger partial charge in [-0.1, -0.05) is 11.6 Å². The Morgan fingerprint density at radius 1 is 1.50 bits per heavy atom. The van der Waals surface area contributed by atoms with Crippen molar-refractivity contribution in [1.29, 1.82) is 0 Å². The minimum Gasteiger partial charge on any atom is -0.293 e. The molecule has 0 aliphatic carbocycles. The van der Waals surface area contributed by atoms with Crippen LogP contribution < -0.4 is 0 Å². The molecule has 0 N–H and O–H groups in total. The zero-order valence-electron chi connectivity index (χ0n) is 5.98. The fourth-order valence-corrected chi connectivity index (χ4v) is 1.84. The van der Waals surface area contributed by atoms with E-state index in [9.17, 15) is 4.79 Å². The normalized spacial score (nSPS) is 9.92. The van der Waals surface area contributed by atoms with Crippen LogP contribution in [0, 0.1) is 0 Å². The molecule has 0 saturated heterocycles. The maximum atomic E-state index is 11.1. The van der Waals surface area contributed by atoms with Gasteiger partial charge in [0, 0.05) is 15.1 Å². The van der Waals surface area contributed by atoms with Gasteiger partial charge in [0.25, 0.3) is 0 Å². The van der Waals surface area contributed by atoms with Gasteiger partial charge in [0.2, 0.25) is 0 Å². The van der Waals surface area contributed by atoms with Crippen LogP contribution in [0.5, 0.6) is 0 Å². The number of hydrogen-bond acceptors (Lipinski definition) is 1. The monoisotopic (exact) mass is 266 g/mol. The molecule has 1 rings (SSSR count). The van der Waals surface area contributed by atoms with Gasteiger partial charge in [0.15, 0.2) is 5.78 Å². The van der Waals surface area contributed by atoms with E-state index in [4.69, 9.17) is 23.2 Å². The first-order valence-corrected chi connectivity index (χ1v) is 4.90. The molecule has 0 saturated carbocycles. The largest absolute Gasteiger partial charge is 0.293 e. The molecule has 0 fully saturated rings. The van der Waals surface area contributed by atoms with Crippen LogP contribution in [0.2, 0.25) is 5.02 Å². The number of carbonyl (C=O) groups is 1. The fraction of sp³-hybridized carbons (Fsp3) is 0.125. The molecule has 4 heteroatoms. The van der Waals surface area contributed by atoms with E-state index in [0.717, 1.165) is 0 Å². The molecule has 0 bridgehead atoms. The maximum Gasteiger partial charge on any atom is 0.178 e. The van der Waals surface area contributed by atoms with Gasteiger partial charge in [0.05, 0.1) is 5.88 Å². The first-order chi connectivity index (χ1) is 5.65. The van der Waals surface area contributed by atoms with Crippen molar-refractivity contribution in [2.24, 2.45) is 0 Å². The van der Waals surface area contributed by atoms with Gasteiger partial charge in [0.1, 0.15) is 0 Å². The molecule has 64 valence electrons. The van der Waals surface area contributed by atoms with Crippen LogP contribution in [-0.2, 0) is 0 Å². The quantitative estimate of drug-likeness (QED) is 0.592. The lowest BCUT2D eigenvalue weighted by molar-refractivity contribution is 0.102. The Morgan fingerprint density at radius 2 is 2.17 bits per heavy atom. The first-order valence-electron chi connectivity index (χ1n) is 3.19. The van der Waals surface area contributed by atoms with E-state index >= 15 is 0 Å². The molecule has 1 aromatic carbocycles. The molecular weight excluding hydrogens is 263 g/mol. The van der Waals surface area contributed by atoms with Crippen molar-refractivity contribution in [2.45, 2.75) is 0 Å². The molecule has 1 aromatic rings. The van der Waals surface area contributed by atoms with Crippen LogP contribution in [0.25, 0.3) is 0 Å². The zero-order chi connectivity index (χ0) is 9.14. The summed E-state index contributed by atoms with van der Waals surface area (Å²) in [5.74, 6) is -0.125. The van der Waals surface area contributed by atoms with E-state index in [0.29, 0.717) is 15.1 Å². The van der Waals surface area contributed by atoms with E-state index in [-0.39, 0.29) is 11.7 Å². The summed E-state index contributed by atoms with van der Waals surface area (Å²) in [6.07, 6.45) is 0. The summed E-state index contributed by atoms with van der Waals surface area (Å²) in [6, 6.07) is 4.98. The highest BCUT2D eigenvalue weighted by atomic mass is 79.9. The van der Waals surface area contributed by atoms with E-state index in [2.05, 4.69) is 15.9 Å². The van der Waals surface area contributed by atoms with Crippen LogP contribution in [0.4, 0.5) is 0 Å². The van der Waals surface area contributed by atoms with Gasteiger partial charge in [-0.05, 0) is 34.1 Å². The number of ketones is 1. The van der Waals surface area contributed by atoms with E-state index in [1.165, 1.54) is 0 Å². The second-order valence-electron chi connectivity index (χ2n) is 2.18. The maximum absolute atomic E-state index is 11.1. The third-order valence-corrected chi connectivity index (χ3v) is 2.49. The smallest absolute Gasteiger partial charge is 0.178 e. The van der Waals surface area contributed by atoms with Crippen molar-refractivity contribution >= 4 is 44.9 Å². The van der Waals surface area contributed by atoms with Crippen LogP contribution >= 0.6 is 39.1 Å². The number of rotatable bonds is 2. The molecule has 0 spiro atoms. The summed E-state index contributed by atoms with van der Waals surface area (Å²) < 4.78 is 0.681. The van der Waals surface area contributed by atoms with Crippen LogP contribution in [-0.4, -0.2) is 11.7 Å². The van der Waals surface area contributed by atoms with E-state index in [1.807, 2.05) is 0 Å². The molecule has 0 amide bonds. The summed E-state index contributed by atoms with van der Waals surface area (Å²) in [5, 5.41) is 0.591. The van der Waals surface area contributed by atoms with Gasteiger partial charge in [-0.15, -0.1) is 11.6 Å². The Labute approximate surface area is 88.8 Å². The average Bonchev–Trinajstić information content (AvgIpc) is 2.03. The van der Waals surface area contributed by atoms with Crippen LogP contribution in [0.1, 0.15) is 10.4 Å². The SMILES string of the molecule is O=C(CCl)c1ccc(Cl)cc1Br. The van der Waals surface area contributed by atoms with Crippen molar-refractivity contribution in [1.82, 2.24) is 0 Å². The third-order valence-electron chi connectivity index (χ3n) is 1.35. The van der Waals surface area contributed by atoms with Crippen LogP contribution in [0.15, 0.2) is 22.7 Å². The number of hydrogen-bond donors (Lipinski definition) is 0. The second-order valence-corrected chi connectivity index (χ2v) is 3.74. The Morgan fingerprint density at radius 3 is 2.67 bits per heavy atom. The highest BCUT2D eigenvalue weighted by molar-refractivity contribution is 9.10. The Balaban J connectivity index is 3.09. The standard InChI is InChI=1S/C8H5BrCl2O/c9-7-3-5(11)1-2-6(7)8(12)4-10/h1-3H,4H2. The number of alkyl halides is 1. The van der Waals surface area contributed by atoms with Crippen molar-refractivity contribution in [3.05, 3.63) is 33.3 Å². The summed E-state index contributed by atoms with van der Waals surface area (Å²) in [4.78, 5) is 11.1. The second kappa shape index (κ2) is 4.26. The molecule has 0 aromatic heterocycles. The summed E-state index contributed by atoms with van der Waals surface area (Å²) in [6.45, 7) is 0. The molecule has 0 heterocycles. The van der Waals surface area contributed by atoms with E-state index in [1.54, 1.807) is 18.2 Å². The number of benzene rings is 1. The van der Waals surface area contributed by atoms with Gasteiger partial charge < -0.3 is 0 Å². The third kappa shape index (κ3) is 2.22. The molecule has 0 aliphatic rings. The van der Waals surface area contributed by atoms with Crippen molar-refractivity contribution in [3.8, 4) is 0 Å². The Hall–Kier alpha value is -0.0500. The lowest BCUT2D eigenvalue weighted by Gasteiger charge is -2.00. The van der Waals surface area contributed by atoms with Gasteiger partial charge in [-0.2, -0.15) is 0 Å². The average molecular weight is 268 g/mol. The Bertz CT molecular complexity index is 312. The summed E-state index contributed by atoms with van der Waals surface area (Å²) in [7, 11) is 0. The highest BCUT2D eigenvalue weighted by Crippen LogP contribution is 2.22. The van der Waals surface area contributed by atoms with Gasteiger partial charge in [-0.25, -0.2) is 0 Å². The number of halogens is 3. The fourth-order valence-electron chi connectivity index (χ4n) is 0.788. The minimum absolute atomic E-state index is 0.0137. The van der Waals surface area contributed by atoms with E-state index < -0.39 is 0 Å². The number of carbonyl (C=O) groups excluding carboxylic acids is 1. The predicted molar refractivity (Wildman–Crippen MR) is 54.2 cm³/mol. The lowest BCUT2D eigenvalue weighted by Crippen LogP contribution is -2.00. The summed E-state index contributed by atoms with van der Waals surface area (Å²) in [5.41, 5.74) is 0.564. The van der Waals surface area contributed by atoms with Crippen LogP contribution in [0.3, 0.4) is 0 Å². The lowest BCUT2D eigenvalue weighted by atomic mass is 10.1. The summed E-state index contributed by atoms with van der Waals surface area (Å²) >= 11 is 14.3. The topological polar surface area (TPSA) is 17.1 Å². The van der Waals surface area contributed by atoms with Crippen molar-refractivity contribution < 1.29 is 4.79 Å². The van der Waals surface area contributed by atoms with Crippen molar-refractivity contribution in [3.63, 3.8) is 0 Å². The molecular formula is C8H5BrCl2O. The Kier molecular flexibility index (Phi) is 3.56. The molecule has 0 aliphatic heterocycles. The van der Waals surface area contributed by atoms with Gasteiger partial charge >= 0.3 is 0 Å². The van der Waals surface area contributed by atoms with Gasteiger partial charge in [-0.3, -0.25) is 4.79 Å². The predicted octanol–water partition coefficient (Wildman–Crippen LogP) is 3.52. The zero-order valence-corrected chi connectivity index (χ0v) is 9.08. The minimum atomic E-state index is -0.111. The molecule has 12 heavy (non-hydrogen) atoms. The number of Topliss-reactive ketones (excluding diaryl/α,β-unsaturated/α-hetero) is 1. The van der Waals surface area contributed by atoms with Crippen molar-refractivity contribution in [2.75, 3.05) is 5.88 Å². The highest BCUT2D eigenvalue weighted by Gasteiger charge is 2.08. The molecule has 1 nitrogen and oxygen atoms in total.